The molecule has 2 rings (SSSR count). The van der Waals surface area contributed by atoms with Crippen molar-refractivity contribution in [2.24, 2.45) is 0 Å². The van der Waals surface area contributed by atoms with E-state index >= 15 is 0 Å². The Balaban J connectivity index is 2.19. The maximum absolute atomic E-state index is 13.4. The molecule has 0 unspecified atom stereocenters. The topological polar surface area (TPSA) is 69.4 Å². The van der Waals surface area contributed by atoms with Gasteiger partial charge < -0.3 is 4.74 Å². The molecule has 0 aliphatic heterocycles. The van der Waals surface area contributed by atoms with Crippen molar-refractivity contribution in [3.05, 3.63) is 75.3 Å². The van der Waals surface area contributed by atoms with Gasteiger partial charge in [-0.15, -0.1) is 0 Å². The van der Waals surface area contributed by atoms with Crippen LogP contribution in [0, 0.1) is 21.7 Å². The summed E-state index contributed by atoms with van der Waals surface area (Å²) in [5.74, 6) is -2.47. The van der Waals surface area contributed by atoms with Gasteiger partial charge in [0, 0.05) is 11.6 Å². The summed E-state index contributed by atoms with van der Waals surface area (Å²) in [6.07, 6.45) is 0. The van der Waals surface area contributed by atoms with Gasteiger partial charge in [0.1, 0.15) is 23.8 Å². The maximum Gasteiger partial charge on any atom is 0.345 e. The lowest BCUT2D eigenvalue weighted by Gasteiger charge is -2.06. The van der Waals surface area contributed by atoms with Crippen LogP contribution in [0.2, 0.25) is 0 Å². The Morgan fingerprint density at radius 2 is 1.90 bits per heavy atom. The van der Waals surface area contributed by atoms with Crippen molar-refractivity contribution in [1.29, 1.82) is 0 Å². The molecule has 0 spiro atoms. The Labute approximate surface area is 117 Å². The van der Waals surface area contributed by atoms with E-state index in [4.69, 9.17) is 4.74 Å². The number of carbonyl (C=O) groups excluding carboxylic acids is 1. The second-order valence-corrected chi connectivity index (χ2v) is 4.09. The molecule has 0 aromatic heterocycles. The highest BCUT2D eigenvalue weighted by Gasteiger charge is 2.22. The Morgan fingerprint density at radius 3 is 2.57 bits per heavy atom. The third-order valence-electron chi connectivity index (χ3n) is 2.69. The van der Waals surface area contributed by atoms with Gasteiger partial charge >= 0.3 is 5.97 Å². The summed E-state index contributed by atoms with van der Waals surface area (Å²) in [4.78, 5) is 21.8. The fourth-order valence-corrected chi connectivity index (χ4v) is 1.67. The molecule has 21 heavy (non-hydrogen) atoms. The van der Waals surface area contributed by atoms with Crippen molar-refractivity contribution in [3.8, 4) is 0 Å². The Hall–Kier alpha value is -2.83. The summed E-state index contributed by atoms with van der Waals surface area (Å²) in [6.45, 7) is -0.404. The average Bonchev–Trinajstić information content (AvgIpc) is 2.45. The second kappa shape index (κ2) is 6.08. The highest BCUT2D eigenvalue weighted by molar-refractivity contribution is 5.93. The van der Waals surface area contributed by atoms with Crippen LogP contribution in [0.25, 0.3) is 0 Å². The van der Waals surface area contributed by atoms with E-state index in [1.54, 1.807) is 6.07 Å². The van der Waals surface area contributed by atoms with Gasteiger partial charge in [0.05, 0.1) is 4.92 Å². The van der Waals surface area contributed by atoms with Gasteiger partial charge in [-0.25, -0.2) is 13.6 Å². The van der Waals surface area contributed by atoms with Crippen LogP contribution in [-0.4, -0.2) is 10.9 Å². The number of esters is 1. The van der Waals surface area contributed by atoms with E-state index in [1.165, 1.54) is 18.2 Å². The lowest BCUT2D eigenvalue weighted by molar-refractivity contribution is -0.385. The average molecular weight is 293 g/mol. The molecule has 0 fully saturated rings. The minimum atomic E-state index is -1.09. The van der Waals surface area contributed by atoms with Crippen molar-refractivity contribution >= 4 is 11.7 Å². The van der Waals surface area contributed by atoms with E-state index in [9.17, 15) is 23.7 Å². The molecule has 0 aliphatic carbocycles. The standard InChI is InChI=1S/C14H9F2NO4/c15-10-5-6-13(17(19)20)11(7-10)14(18)21-8-9-3-1-2-4-12(9)16/h1-7H,8H2. The van der Waals surface area contributed by atoms with E-state index < -0.39 is 40.4 Å². The van der Waals surface area contributed by atoms with Crippen LogP contribution < -0.4 is 0 Å². The Bertz CT molecular complexity index is 703. The highest BCUT2D eigenvalue weighted by Crippen LogP contribution is 2.21. The monoisotopic (exact) mass is 293 g/mol. The zero-order chi connectivity index (χ0) is 15.4. The van der Waals surface area contributed by atoms with E-state index in [1.807, 2.05) is 0 Å². The molecule has 0 radical (unpaired) electrons. The van der Waals surface area contributed by atoms with Crippen LogP contribution in [0.15, 0.2) is 42.5 Å². The summed E-state index contributed by atoms with van der Waals surface area (Å²) in [7, 11) is 0. The number of nitro benzene ring substituents is 1. The van der Waals surface area contributed by atoms with Crippen LogP contribution >= 0.6 is 0 Å². The van der Waals surface area contributed by atoms with Gasteiger partial charge in [-0.2, -0.15) is 0 Å². The second-order valence-electron chi connectivity index (χ2n) is 4.09. The number of nitro groups is 1. The first kappa shape index (κ1) is 14.6. The van der Waals surface area contributed by atoms with Crippen molar-refractivity contribution in [2.75, 3.05) is 0 Å². The van der Waals surface area contributed by atoms with Crippen molar-refractivity contribution in [1.82, 2.24) is 0 Å². The van der Waals surface area contributed by atoms with Crippen molar-refractivity contribution in [3.63, 3.8) is 0 Å². The Morgan fingerprint density at radius 1 is 1.19 bits per heavy atom. The maximum atomic E-state index is 13.4. The summed E-state index contributed by atoms with van der Waals surface area (Å²) in [6, 6.07) is 8.06. The van der Waals surface area contributed by atoms with Crippen molar-refractivity contribution < 1.29 is 23.2 Å². The van der Waals surface area contributed by atoms with Crippen molar-refractivity contribution in [2.45, 2.75) is 6.61 Å². The molecule has 0 N–H and O–H groups in total. The van der Waals surface area contributed by atoms with Gasteiger partial charge in [0.25, 0.3) is 5.69 Å². The zero-order valence-corrected chi connectivity index (χ0v) is 10.6. The molecular weight excluding hydrogens is 284 g/mol. The van der Waals surface area contributed by atoms with Crippen LogP contribution in [0.5, 0.6) is 0 Å². The molecule has 0 heterocycles. The molecule has 5 nitrogen and oxygen atoms in total. The number of carbonyl (C=O) groups is 1. The lowest BCUT2D eigenvalue weighted by Crippen LogP contribution is -2.09. The number of ether oxygens (including phenoxy) is 1. The van der Waals surface area contributed by atoms with E-state index in [-0.39, 0.29) is 5.56 Å². The molecule has 0 atom stereocenters. The summed E-state index contributed by atoms with van der Waals surface area (Å²) in [5, 5.41) is 10.8. The van der Waals surface area contributed by atoms with Crippen LogP contribution in [0.3, 0.4) is 0 Å². The predicted molar refractivity (Wildman–Crippen MR) is 68.6 cm³/mol. The lowest BCUT2D eigenvalue weighted by atomic mass is 10.1. The SMILES string of the molecule is O=C(OCc1ccccc1F)c1cc(F)ccc1[N+](=O)[O-]. The molecule has 2 aromatic carbocycles. The third-order valence-corrected chi connectivity index (χ3v) is 2.69. The van der Waals surface area contributed by atoms with Gasteiger partial charge in [-0.3, -0.25) is 10.1 Å². The fraction of sp³-hybridized carbons (Fsp3) is 0.0714. The fourth-order valence-electron chi connectivity index (χ4n) is 1.67. The van der Waals surface area contributed by atoms with E-state index in [0.717, 1.165) is 12.1 Å². The number of halogens is 2. The minimum Gasteiger partial charge on any atom is -0.457 e. The predicted octanol–water partition coefficient (Wildman–Crippen LogP) is 3.23. The number of benzene rings is 2. The highest BCUT2D eigenvalue weighted by atomic mass is 19.1. The molecule has 108 valence electrons. The number of hydrogen-bond donors (Lipinski definition) is 0. The van der Waals surface area contributed by atoms with E-state index in [2.05, 4.69) is 0 Å². The first-order chi connectivity index (χ1) is 9.99. The van der Waals surface area contributed by atoms with Gasteiger partial charge in [0.15, 0.2) is 0 Å². The molecule has 0 saturated heterocycles. The largest absolute Gasteiger partial charge is 0.457 e. The van der Waals surface area contributed by atoms with Crippen LogP contribution in [0.1, 0.15) is 15.9 Å². The molecule has 0 aliphatic rings. The van der Waals surface area contributed by atoms with Gasteiger partial charge in [0.2, 0.25) is 0 Å². The molecule has 7 heteroatoms. The number of hydrogen-bond acceptors (Lipinski definition) is 4. The van der Waals surface area contributed by atoms with Gasteiger partial charge in [-0.1, -0.05) is 18.2 Å². The van der Waals surface area contributed by atoms with Gasteiger partial charge in [-0.05, 0) is 18.2 Å². The molecule has 0 bridgehead atoms. The quantitative estimate of drug-likeness (QED) is 0.493. The zero-order valence-electron chi connectivity index (χ0n) is 10.6. The summed E-state index contributed by atoms with van der Waals surface area (Å²) in [5.41, 5.74) is -0.976. The van der Waals surface area contributed by atoms with Crippen LogP contribution in [0.4, 0.5) is 14.5 Å². The van der Waals surface area contributed by atoms with E-state index in [0.29, 0.717) is 6.07 Å². The molecular formula is C14H9F2NO4. The summed E-state index contributed by atoms with van der Waals surface area (Å²) < 4.78 is 31.3. The first-order valence-electron chi connectivity index (χ1n) is 5.83. The Kier molecular flexibility index (Phi) is 4.22. The molecule has 0 amide bonds. The first-order valence-corrected chi connectivity index (χ1v) is 5.83. The molecule has 0 saturated carbocycles. The third kappa shape index (κ3) is 3.38. The molecule has 2 aromatic rings. The van der Waals surface area contributed by atoms with Crippen LogP contribution in [-0.2, 0) is 11.3 Å². The minimum absolute atomic E-state index is 0.116. The number of nitrogens with zero attached hydrogens (tertiary/aromatic N) is 1. The normalized spacial score (nSPS) is 10.2. The number of rotatable bonds is 4. The smallest absolute Gasteiger partial charge is 0.345 e. The summed E-state index contributed by atoms with van der Waals surface area (Å²) >= 11 is 0.